The Morgan fingerprint density at radius 2 is 1.83 bits per heavy atom. The van der Waals surface area contributed by atoms with Crippen LogP contribution in [-0.4, -0.2) is 35.4 Å². The second-order valence-corrected chi connectivity index (χ2v) is 6.18. The lowest BCUT2D eigenvalue weighted by atomic mass is 10.1. The van der Waals surface area contributed by atoms with Gasteiger partial charge in [-0.25, -0.2) is 0 Å². The van der Waals surface area contributed by atoms with Crippen molar-refractivity contribution in [1.82, 2.24) is 15.2 Å². The van der Waals surface area contributed by atoms with E-state index in [0.717, 1.165) is 6.54 Å². The normalized spacial score (nSPS) is 15.6. The number of ketones is 1. The maximum Gasteiger partial charge on any atom is 0.267 e. The molecule has 0 saturated heterocycles. The van der Waals surface area contributed by atoms with Crippen LogP contribution in [0.5, 0.6) is 0 Å². The van der Waals surface area contributed by atoms with Crippen LogP contribution in [0.3, 0.4) is 0 Å². The van der Waals surface area contributed by atoms with Crippen LogP contribution < -0.4 is 10.6 Å². The number of nitrogens with zero attached hydrogens (tertiary/aromatic N) is 1. The molecule has 6 heteroatoms. The van der Waals surface area contributed by atoms with E-state index in [0.29, 0.717) is 23.8 Å². The lowest BCUT2D eigenvalue weighted by Gasteiger charge is -2.16. The van der Waals surface area contributed by atoms with Crippen molar-refractivity contribution in [2.24, 2.45) is 7.05 Å². The zero-order chi connectivity index (χ0) is 15.9. The van der Waals surface area contributed by atoms with Crippen LogP contribution in [0.4, 0.5) is 0 Å². The zero-order valence-corrected chi connectivity index (χ0v) is 14.9. The predicted molar refractivity (Wildman–Crippen MR) is 94.5 cm³/mol. The average molecular weight is 342 g/mol. The summed E-state index contributed by atoms with van der Waals surface area (Å²) in [5.74, 6) is -0.151. The molecule has 1 aliphatic carbocycles. The summed E-state index contributed by atoms with van der Waals surface area (Å²) in [4.78, 5) is 23.5. The Labute approximate surface area is 144 Å². The molecule has 2 N–H and O–H groups in total. The molecule has 1 aromatic rings. The molecule has 23 heavy (non-hydrogen) atoms. The number of aromatic nitrogens is 1. The number of aryl methyl sites for hydroxylation is 1. The van der Waals surface area contributed by atoms with Crippen molar-refractivity contribution >= 4 is 24.1 Å². The largest absolute Gasteiger partial charge is 0.349 e. The van der Waals surface area contributed by atoms with Crippen LogP contribution in [0.25, 0.3) is 0 Å². The fourth-order valence-electron chi connectivity index (χ4n) is 3.01. The van der Waals surface area contributed by atoms with E-state index in [2.05, 4.69) is 10.6 Å². The molecule has 0 bridgehead atoms. The van der Waals surface area contributed by atoms with Gasteiger partial charge in [0.1, 0.15) is 5.69 Å². The van der Waals surface area contributed by atoms with Gasteiger partial charge in [-0.15, -0.1) is 12.4 Å². The summed E-state index contributed by atoms with van der Waals surface area (Å²) in [5, 5.41) is 6.44. The van der Waals surface area contributed by atoms with Crippen molar-refractivity contribution < 1.29 is 9.59 Å². The molecular weight excluding hydrogens is 314 g/mol. The fourth-order valence-corrected chi connectivity index (χ4v) is 3.01. The number of amides is 1. The molecule has 2 rings (SSSR count). The van der Waals surface area contributed by atoms with Gasteiger partial charge in [0.15, 0.2) is 5.78 Å². The van der Waals surface area contributed by atoms with E-state index in [9.17, 15) is 9.59 Å². The third-order valence-corrected chi connectivity index (χ3v) is 4.34. The van der Waals surface area contributed by atoms with E-state index < -0.39 is 0 Å². The standard InChI is InChI=1S/C17H27N3O2.ClH/c1-13(21)14-11-16(20(2)12-14)17(22)19-10-9-18-15-7-5-3-4-6-8-15;/h11-12,15,18H,3-10H2,1-2H3,(H,19,22);1H. The highest BCUT2D eigenvalue weighted by atomic mass is 35.5. The Morgan fingerprint density at radius 1 is 1.17 bits per heavy atom. The Morgan fingerprint density at radius 3 is 2.39 bits per heavy atom. The van der Waals surface area contributed by atoms with Crippen LogP contribution in [0.1, 0.15) is 66.3 Å². The molecule has 0 unspecified atom stereocenters. The smallest absolute Gasteiger partial charge is 0.267 e. The van der Waals surface area contributed by atoms with Crippen LogP contribution >= 0.6 is 12.4 Å². The van der Waals surface area contributed by atoms with Crippen molar-refractivity contribution in [3.63, 3.8) is 0 Å². The first-order chi connectivity index (χ1) is 10.6. The first-order valence-corrected chi connectivity index (χ1v) is 8.27. The van der Waals surface area contributed by atoms with Crippen LogP contribution in [0.15, 0.2) is 12.3 Å². The van der Waals surface area contributed by atoms with Crippen molar-refractivity contribution in [1.29, 1.82) is 0 Å². The van der Waals surface area contributed by atoms with E-state index in [1.54, 1.807) is 23.9 Å². The number of hydrogen-bond donors (Lipinski definition) is 2. The van der Waals surface area contributed by atoms with Gasteiger partial charge in [-0.2, -0.15) is 0 Å². The molecule has 5 nitrogen and oxygen atoms in total. The number of rotatable bonds is 6. The monoisotopic (exact) mass is 341 g/mol. The summed E-state index contributed by atoms with van der Waals surface area (Å²) in [7, 11) is 1.78. The summed E-state index contributed by atoms with van der Waals surface area (Å²) in [6, 6.07) is 2.25. The summed E-state index contributed by atoms with van der Waals surface area (Å²) in [6.45, 7) is 2.91. The molecule has 1 aromatic heterocycles. The van der Waals surface area contributed by atoms with Gasteiger partial charge in [-0.05, 0) is 25.8 Å². The first-order valence-electron chi connectivity index (χ1n) is 8.27. The van der Waals surface area contributed by atoms with Gasteiger partial charge in [0.2, 0.25) is 0 Å². The Kier molecular flexibility index (Phi) is 8.34. The van der Waals surface area contributed by atoms with E-state index >= 15 is 0 Å². The molecule has 1 amide bonds. The van der Waals surface area contributed by atoms with Gasteiger partial charge in [-0.1, -0.05) is 25.7 Å². The zero-order valence-electron chi connectivity index (χ0n) is 14.1. The van der Waals surface area contributed by atoms with E-state index in [4.69, 9.17) is 0 Å². The van der Waals surface area contributed by atoms with Crippen molar-refractivity contribution in [3.8, 4) is 0 Å². The van der Waals surface area contributed by atoms with Crippen LogP contribution in [0.2, 0.25) is 0 Å². The van der Waals surface area contributed by atoms with Gasteiger partial charge in [0.25, 0.3) is 5.91 Å². The Bertz CT molecular complexity index is 520. The topological polar surface area (TPSA) is 63.1 Å². The van der Waals surface area contributed by atoms with Crippen molar-refractivity contribution in [2.45, 2.75) is 51.5 Å². The SMILES string of the molecule is CC(=O)c1cc(C(=O)NCCNC2CCCCCC2)n(C)c1.Cl. The second kappa shape index (κ2) is 9.73. The molecule has 0 radical (unpaired) electrons. The molecular formula is C17H28ClN3O2. The molecule has 130 valence electrons. The van der Waals surface area contributed by atoms with Crippen molar-refractivity contribution in [3.05, 3.63) is 23.5 Å². The molecule has 0 aliphatic heterocycles. The minimum Gasteiger partial charge on any atom is -0.349 e. The number of carbonyl (C=O) groups is 2. The molecule has 1 aliphatic rings. The summed E-state index contributed by atoms with van der Waals surface area (Å²) in [5.41, 5.74) is 1.10. The summed E-state index contributed by atoms with van der Waals surface area (Å²) >= 11 is 0. The van der Waals surface area contributed by atoms with E-state index in [-0.39, 0.29) is 24.1 Å². The third kappa shape index (κ3) is 5.99. The third-order valence-electron chi connectivity index (χ3n) is 4.34. The number of hydrogen-bond acceptors (Lipinski definition) is 3. The first kappa shape index (κ1) is 19.7. The minimum atomic E-state index is -0.127. The summed E-state index contributed by atoms with van der Waals surface area (Å²) < 4.78 is 1.70. The minimum absolute atomic E-state index is 0. The number of halogens is 1. The maximum absolute atomic E-state index is 12.1. The van der Waals surface area contributed by atoms with Gasteiger partial charge < -0.3 is 15.2 Å². The van der Waals surface area contributed by atoms with Gasteiger partial charge in [-0.3, -0.25) is 9.59 Å². The maximum atomic E-state index is 12.1. The quantitative estimate of drug-likeness (QED) is 0.475. The highest BCUT2D eigenvalue weighted by Crippen LogP contribution is 2.16. The lowest BCUT2D eigenvalue weighted by Crippen LogP contribution is -2.37. The Hall–Kier alpha value is -1.33. The Balaban J connectivity index is 0.00000264. The van der Waals surface area contributed by atoms with E-state index in [1.165, 1.54) is 45.4 Å². The molecule has 0 aromatic carbocycles. The van der Waals surface area contributed by atoms with Gasteiger partial charge in [0.05, 0.1) is 0 Å². The molecule has 1 fully saturated rings. The number of nitrogens with one attached hydrogen (secondary N) is 2. The summed E-state index contributed by atoms with van der Waals surface area (Å²) in [6.07, 6.45) is 9.49. The molecule has 1 saturated carbocycles. The average Bonchev–Trinajstić information content (AvgIpc) is 2.71. The second-order valence-electron chi connectivity index (χ2n) is 6.18. The number of carbonyl (C=O) groups excluding carboxylic acids is 2. The van der Waals surface area contributed by atoms with Crippen LogP contribution in [-0.2, 0) is 7.05 Å². The molecule has 0 atom stereocenters. The van der Waals surface area contributed by atoms with Gasteiger partial charge >= 0.3 is 0 Å². The molecule has 1 heterocycles. The van der Waals surface area contributed by atoms with Crippen LogP contribution in [0, 0.1) is 0 Å². The lowest BCUT2D eigenvalue weighted by molar-refractivity contribution is 0.0945. The number of Topliss-reactive ketones (excluding diaryl/α,β-unsaturated/α-hetero) is 1. The van der Waals surface area contributed by atoms with Gasteiger partial charge in [0, 0.05) is 37.9 Å². The molecule has 0 spiro atoms. The highest BCUT2D eigenvalue weighted by molar-refractivity contribution is 5.99. The van der Waals surface area contributed by atoms with Crippen molar-refractivity contribution in [2.75, 3.05) is 13.1 Å². The fraction of sp³-hybridized carbons (Fsp3) is 0.647. The van der Waals surface area contributed by atoms with E-state index in [1.807, 2.05) is 0 Å². The predicted octanol–water partition coefficient (Wildman–Crippen LogP) is 2.69. The highest BCUT2D eigenvalue weighted by Gasteiger charge is 2.14.